The summed E-state index contributed by atoms with van der Waals surface area (Å²) in [6.07, 6.45) is 0. The van der Waals surface area contributed by atoms with Crippen molar-refractivity contribution in [2.75, 3.05) is 13.2 Å². The van der Waals surface area contributed by atoms with Gasteiger partial charge in [0.05, 0.1) is 12.2 Å². The maximum atomic E-state index is 13.1. The Morgan fingerprint density at radius 1 is 1.19 bits per heavy atom. The van der Waals surface area contributed by atoms with Crippen LogP contribution in [0.5, 0.6) is 0 Å². The van der Waals surface area contributed by atoms with Crippen LogP contribution in [-0.2, 0) is 6.54 Å². The zero-order valence-electron chi connectivity index (χ0n) is 15.3. The molecule has 0 atom stereocenters. The number of aliphatic hydroxyl groups is 1. The lowest BCUT2D eigenvalue weighted by Gasteiger charge is -2.22. The summed E-state index contributed by atoms with van der Waals surface area (Å²) in [5, 5.41) is 13.5. The molecule has 0 radical (unpaired) electrons. The molecule has 0 saturated heterocycles. The molecule has 0 fully saturated rings. The van der Waals surface area contributed by atoms with Crippen molar-refractivity contribution in [1.29, 1.82) is 0 Å². The number of nitrogens with zero attached hydrogens (tertiary/aromatic N) is 3. The minimum absolute atomic E-state index is 0.0835. The van der Waals surface area contributed by atoms with Crippen LogP contribution in [0.15, 0.2) is 47.0 Å². The molecule has 2 heterocycles. The van der Waals surface area contributed by atoms with E-state index in [0.717, 1.165) is 17.0 Å². The molecule has 6 heteroatoms. The first-order valence-electron chi connectivity index (χ1n) is 8.58. The van der Waals surface area contributed by atoms with Crippen molar-refractivity contribution >= 4 is 5.91 Å². The fourth-order valence-electron chi connectivity index (χ4n) is 3.14. The summed E-state index contributed by atoms with van der Waals surface area (Å²) in [4.78, 5) is 14.8. The van der Waals surface area contributed by atoms with Crippen molar-refractivity contribution in [1.82, 2.24) is 14.6 Å². The van der Waals surface area contributed by atoms with Gasteiger partial charge in [0.1, 0.15) is 5.76 Å². The van der Waals surface area contributed by atoms with E-state index < -0.39 is 0 Å². The largest absolute Gasteiger partial charge is 0.395 e. The van der Waals surface area contributed by atoms with Crippen LogP contribution in [0.25, 0.3) is 5.82 Å². The molecule has 1 amide bonds. The number of rotatable bonds is 6. The van der Waals surface area contributed by atoms with Crippen LogP contribution in [0.1, 0.15) is 33.1 Å². The summed E-state index contributed by atoms with van der Waals surface area (Å²) >= 11 is 0. The number of carbonyl (C=O) groups excluding carboxylic acids is 1. The minimum atomic E-state index is -0.109. The van der Waals surface area contributed by atoms with Crippen molar-refractivity contribution in [2.45, 2.75) is 27.3 Å². The van der Waals surface area contributed by atoms with Gasteiger partial charge in [-0.2, -0.15) is 0 Å². The number of hydrogen-bond donors (Lipinski definition) is 1. The Bertz CT molecular complexity index is 896. The van der Waals surface area contributed by atoms with E-state index in [1.807, 2.05) is 67.8 Å². The zero-order valence-corrected chi connectivity index (χ0v) is 15.3. The maximum Gasteiger partial charge on any atom is 0.256 e. The molecule has 3 rings (SSSR count). The van der Waals surface area contributed by atoms with Crippen molar-refractivity contribution < 1.29 is 14.4 Å². The fourth-order valence-corrected chi connectivity index (χ4v) is 3.14. The number of benzene rings is 1. The zero-order chi connectivity index (χ0) is 18.7. The van der Waals surface area contributed by atoms with E-state index in [-0.39, 0.29) is 19.1 Å². The second-order valence-corrected chi connectivity index (χ2v) is 6.35. The molecule has 0 aliphatic carbocycles. The van der Waals surface area contributed by atoms with Gasteiger partial charge in [-0.15, -0.1) is 0 Å². The van der Waals surface area contributed by atoms with Gasteiger partial charge in [-0.25, -0.2) is 0 Å². The normalized spacial score (nSPS) is 10.9. The Hall–Kier alpha value is -2.86. The molecule has 0 aliphatic heterocycles. The Labute approximate surface area is 152 Å². The highest BCUT2D eigenvalue weighted by molar-refractivity contribution is 5.96. The predicted octanol–water partition coefficient (Wildman–Crippen LogP) is 3.03. The lowest BCUT2D eigenvalue weighted by Crippen LogP contribution is -2.33. The topological polar surface area (TPSA) is 71.5 Å². The van der Waals surface area contributed by atoms with Crippen molar-refractivity contribution in [3.63, 3.8) is 0 Å². The predicted molar refractivity (Wildman–Crippen MR) is 98.3 cm³/mol. The van der Waals surface area contributed by atoms with Gasteiger partial charge in [0.25, 0.3) is 5.91 Å². The quantitative estimate of drug-likeness (QED) is 0.739. The molecule has 6 nitrogen and oxygen atoms in total. The first-order valence-corrected chi connectivity index (χ1v) is 8.58. The van der Waals surface area contributed by atoms with Crippen molar-refractivity contribution in [3.8, 4) is 5.82 Å². The first-order chi connectivity index (χ1) is 12.5. The number of aliphatic hydroxyl groups excluding tert-OH is 1. The summed E-state index contributed by atoms with van der Waals surface area (Å²) < 4.78 is 7.07. The smallest absolute Gasteiger partial charge is 0.256 e. The van der Waals surface area contributed by atoms with Gasteiger partial charge in [0, 0.05) is 30.5 Å². The molecule has 1 N–H and O–H groups in total. The molecule has 1 aromatic carbocycles. The molecule has 0 aliphatic rings. The summed E-state index contributed by atoms with van der Waals surface area (Å²) in [5.74, 6) is 1.27. The van der Waals surface area contributed by atoms with Crippen LogP contribution in [0.3, 0.4) is 0 Å². The van der Waals surface area contributed by atoms with E-state index >= 15 is 0 Å². The van der Waals surface area contributed by atoms with E-state index in [1.165, 1.54) is 0 Å². The van der Waals surface area contributed by atoms with Gasteiger partial charge in [-0.1, -0.05) is 35.5 Å². The van der Waals surface area contributed by atoms with Gasteiger partial charge >= 0.3 is 0 Å². The summed E-state index contributed by atoms with van der Waals surface area (Å²) in [6.45, 7) is 6.30. The lowest BCUT2D eigenvalue weighted by molar-refractivity contribution is 0.0707. The summed E-state index contributed by atoms with van der Waals surface area (Å²) in [7, 11) is 0. The van der Waals surface area contributed by atoms with E-state index in [2.05, 4.69) is 5.16 Å². The highest BCUT2D eigenvalue weighted by Gasteiger charge is 2.22. The Balaban J connectivity index is 1.92. The van der Waals surface area contributed by atoms with Crippen LogP contribution in [0.4, 0.5) is 0 Å². The first kappa shape index (κ1) is 17.9. The molecule has 0 spiro atoms. The number of hydrogen-bond acceptors (Lipinski definition) is 4. The SMILES string of the molecule is Cc1cc(-n2c(C)cc(C(=O)N(CCO)Cc3ccccc3)c2C)no1. The van der Waals surface area contributed by atoms with Crippen molar-refractivity contribution in [3.05, 3.63) is 70.7 Å². The molecule has 0 saturated carbocycles. The van der Waals surface area contributed by atoms with Gasteiger partial charge in [-0.3, -0.25) is 9.36 Å². The van der Waals surface area contributed by atoms with Gasteiger partial charge in [0.2, 0.25) is 0 Å². The second-order valence-electron chi connectivity index (χ2n) is 6.35. The monoisotopic (exact) mass is 353 g/mol. The Morgan fingerprint density at radius 2 is 1.92 bits per heavy atom. The van der Waals surface area contributed by atoms with E-state index in [9.17, 15) is 9.90 Å². The summed E-state index contributed by atoms with van der Waals surface area (Å²) in [6, 6.07) is 13.5. The van der Waals surface area contributed by atoms with Gasteiger partial charge < -0.3 is 14.5 Å². The Kier molecular flexibility index (Phi) is 5.23. The van der Waals surface area contributed by atoms with Crippen LogP contribution in [0.2, 0.25) is 0 Å². The molecule has 26 heavy (non-hydrogen) atoms. The molecule has 136 valence electrons. The lowest BCUT2D eigenvalue weighted by atomic mass is 10.1. The van der Waals surface area contributed by atoms with E-state index in [0.29, 0.717) is 23.7 Å². The minimum Gasteiger partial charge on any atom is -0.395 e. The highest BCUT2D eigenvalue weighted by Crippen LogP contribution is 2.22. The highest BCUT2D eigenvalue weighted by atomic mass is 16.5. The summed E-state index contributed by atoms with van der Waals surface area (Å²) in [5.41, 5.74) is 3.34. The number of aryl methyl sites for hydroxylation is 2. The fraction of sp³-hybridized carbons (Fsp3) is 0.300. The van der Waals surface area contributed by atoms with E-state index in [4.69, 9.17) is 4.52 Å². The molecule has 2 aromatic heterocycles. The van der Waals surface area contributed by atoms with Crippen molar-refractivity contribution in [2.24, 2.45) is 0 Å². The number of aromatic nitrogens is 2. The standard InChI is InChI=1S/C20H23N3O3/c1-14-11-18(16(3)23(14)19-12-15(2)26-21-19)20(25)22(9-10-24)13-17-7-5-4-6-8-17/h4-8,11-12,24H,9-10,13H2,1-3H3. The van der Waals surface area contributed by atoms with Crippen LogP contribution >= 0.6 is 0 Å². The third kappa shape index (κ3) is 3.55. The second kappa shape index (κ2) is 7.58. The van der Waals surface area contributed by atoms with E-state index in [1.54, 1.807) is 4.90 Å². The third-order valence-electron chi connectivity index (χ3n) is 4.38. The van der Waals surface area contributed by atoms with Crippen LogP contribution in [0, 0.1) is 20.8 Å². The average Bonchev–Trinajstić information content (AvgIpc) is 3.17. The molecule has 3 aromatic rings. The molecular formula is C20H23N3O3. The molecule has 0 unspecified atom stereocenters. The molecular weight excluding hydrogens is 330 g/mol. The maximum absolute atomic E-state index is 13.1. The number of amides is 1. The number of carbonyl (C=O) groups is 1. The van der Waals surface area contributed by atoms with Gasteiger partial charge in [0.15, 0.2) is 5.82 Å². The average molecular weight is 353 g/mol. The van der Waals surface area contributed by atoms with Crippen LogP contribution < -0.4 is 0 Å². The van der Waals surface area contributed by atoms with Gasteiger partial charge in [-0.05, 0) is 32.4 Å². The Morgan fingerprint density at radius 3 is 2.54 bits per heavy atom. The third-order valence-corrected chi connectivity index (χ3v) is 4.38. The molecule has 0 bridgehead atoms. The van der Waals surface area contributed by atoms with Crippen LogP contribution in [-0.4, -0.2) is 38.8 Å².